The molecule has 4 aromatic rings. The number of rotatable bonds is 6. The van der Waals surface area contributed by atoms with Gasteiger partial charge in [-0.1, -0.05) is 41.9 Å². The maximum Gasteiger partial charge on any atom is 0.332 e. The van der Waals surface area contributed by atoms with Gasteiger partial charge in [-0.25, -0.2) is 10.2 Å². The third kappa shape index (κ3) is 4.13. The Bertz CT molecular complexity index is 1530. The molecule has 0 amide bonds. The van der Waals surface area contributed by atoms with Crippen molar-refractivity contribution >= 4 is 40.6 Å². The summed E-state index contributed by atoms with van der Waals surface area (Å²) in [7, 11) is 2.91. The maximum absolute atomic E-state index is 12.9. The zero-order valence-corrected chi connectivity index (χ0v) is 18.4. The van der Waals surface area contributed by atoms with E-state index in [0.29, 0.717) is 10.6 Å². The fraction of sp³-hybridized carbons (Fsp3) is 0.143. The number of imidazole rings is 1. The first kappa shape index (κ1) is 22.0. The molecular weight excluding hydrogens is 450 g/mol. The lowest BCUT2D eigenvalue weighted by Crippen LogP contribution is -2.37. The van der Waals surface area contributed by atoms with Gasteiger partial charge in [-0.3, -0.25) is 28.6 Å². The van der Waals surface area contributed by atoms with Crippen LogP contribution in [0.4, 0.5) is 11.6 Å². The van der Waals surface area contributed by atoms with E-state index in [-0.39, 0.29) is 29.3 Å². The van der Waals surface area contributed by atoms with Crippen molar-refractivity contribution in [3.8, 4) is 0 Å². The highest BCUT2D eigenvalue weighted by Crippen LogP contribution is 2.22. The van der Waals surface area contributed by atoms with E-state index >= 15 is 0 Å². The minimum Gasteiger partial charge on any atom is -0.298 e. The van der Waals surface area contributed by atoms with Crippen LogP contribution in [0.1, 0.15) is 11.1 Å². The van der Waals surface area contributed by atoms with Crippen LogP contribution in [-0.2, 0) is 20.6 Å². The molecule has 11 nitrogen and oxygen atoms in total. The maximum atomic E-state index is 12.9. The van der Waals surface area contributed by atoms with Gasteiger partial charge in [0, 0.05) is 36.8 Å². The fourth-order valence-corrected chi connectivity index (χ4v) is 3.56. The number of nitro groups is 1. The average Bonchev–Trinajstić information content (AvgIpc) is 3.16. The Morgan fingerprint density at radius 3 is 2.64 bits per heavy atom. The molecule has 0 bridgehead atoms. The predicted octanol–water partition coefficient (Wildman–Crippen LogP) is 2.49. The topological polar surface area (TPSA) is 129 Å². The van der Waals surface area contributed by atoms with E-state index in [1.54, 1.807) is 28.8 Å². The number of non-ortho nitro benzene ring substituents is 1. The molecule has 0 aliphatic heterocycles. The van der Waals surface area contributed by atoms with Gasteiger partial charge in [0.2, 0.25) is 5.95 Å². The van der Waals surface area contributed by atoms with Crippen LogP contribution < -0.4 is 16.7 Å². The van der Waals surface area contributed by atoms with E-state index in [1.165, 1.54) is 37.0 Å². The van der Waals surface area contributed by atoms with Gasteiger partial charge < -0.3 is 0 Å². The number of aromatic nitrogens is 4. The molecule has 0 saturated heterocycles. The number of halogens is 1. The van der Waals surface area contributed by atoms with E-state index in [9.17, 15) is 19.7 Å². The van der Waals surface area contributed by atoms with Gasteiger partial charge in [0.25, 0.3) is 11.2 Å². The summed E-state index contributed by atoms with van der Waals surface area (Å²) in [6.45, 7) is 0.193. The molecule has 0 radical (unpaired) electrons. The number of hydrazone groups is 1. The number of hydrogen-bond donors (Lipinski definition) is 1. The van der Waals surface area contributed by atoms with Crippen LogP contribution in [0.5, 0.6) is 0 Å². The Hall–Kier alpha value is -4.25. The lowest BCUT2D eigenvalue weighted by Gasteiger charge is -2.10. The molecule has 4 rings (SSSR count). The van der Waals surface area contributed by atoms with Crippen molar-refractivity contribution in [2.24, 2.45) is 19.2 Å². The summed E-state index contributed by atoms with van der Waals surface area (Å²) >= 11 is 6.32. The normalized spacial score (nSPS) is 11.4. The fourth-order valence-electron chi connectivity index (χ4n) is 3.37. The molecule has 0 fully saturated rings. The van der Waals surface area contributed by atoms with Crippen LogP contribution in [0.2, 0.25) is 5.02 Å². The highest BCUT2D eigenvalue weighted by molar-refractivity contribution is 6.31. The highest BCUT2D eigenvalue weighted by atomic mass is 35.5. The largest absolute Gasteiger partial charge is 0.332 e. The van der Waals surface area contributed by atoms with Crippen molar-refractivity contribution in [3.05, 3.63) is 95.6 Å². The summed E-state index contributed by atoms with van der Waals surface area (Å²) in [6.07, 6.45) is 1.39. The quantitative estimate of drug-likeness (QED) is 0.263. The summed E-state index contributed by atoms with van der Waals surface area (Å²) < 4.78 is 3.86. The minimum absolute atomic E-state index is 0.0663. The van der Waals surface area contributed by atoms with Gasteiger partial charge in [-0.05, 0) is 11.6 Å². The number of anilines is 1. The molecule has 2 heterocycles. The first-order valence-electron chi connectivity index (χ1n) is 9.71. The lowest BCUT2D eigenvalue weighted by molar-refractivity contribution is -0.384. The van der Waals surface area contributed by atoms with E-state index in [4.69, 9.17) is 11.6 Å². The van der Waals surface area contributed by atoms with Crippen LogP contribution in [0, 0.1) is 10.1 Å². The molecule has 168 valence electrons. The molecule has 1 N–H and O–H groups in total. The second-order valence-electron chi connectivity index (χ2n) is 7.21. The molecule has 0 spiro atoms. The highest BCUT2D eigenvalue weighted by Gasteiger charge is 2.19. The van der Waals surface area contributed by atoms with Crippen molar-refractivity contribution in [3.63, 3.8) is 0 Å². The second kappa shape index (κ2) is 8.71. The smallest absolute Gasteiger partial charge is 0.298 e. The number of benzene rings is 2. The number of hydrogen-bond acceptors (Lipinski definition) is 7. The minimum atomic E-state index is -0.512. The SMILES string of the molecule is Cn1c(=O)c2c(nc(NN=Cc3cccc([N+](=O)[O-])c3)n2Cc2ccccc2Cl)n(C)c1=O. The Morgan fingerprint density at radius 2 is 1.91 bits per heavy atom. The Kier molecular flexibility index (Phi) is 5.80. The van der Waals surface area contributed by atoms with Gasteiger partial charge >= 0.3 is 5.69 Å². The number of aryl methyl sites for hydroxylation is 1. The third-order valence-corrected chi connectivity index (χ3v) is 5.46. The molecule has 12 heteroatoms. The number of nitrogens with one attached hydrogen (secondary N) is 1. The summed E-state index contributed by atoms with van der Waals surface area (Å²) in [5.41, 5.74) is 3.30. The second-order valence-corrected chi connectivity index (χ2v) is 7.62. The van der Waals surface area contributed by atoms with Gasteiger partial charge in [-0.2, -0.15) is 10.1 Å². The van der Waals surface area contributed by atoms with Crippen LogP contribution >= 0.6 is 11.6 Å². The summed E-state index contributed by atoms with van der Waals surface area (Å²) in [5.74, 6) is 0.199. The Labute approximate surface area is 191 Å². The molecule has 0 aliphatic carbocycles. The Balaban J connectivity index is 1.81. The van der Waals surface area contributed by atoms with Crippen molar-refractivity contribution in [1.82, 2.24) is 18.7 Å². The van der Waals surface area contributed by atoms with Crippen LogP contribution in [0.15, 0.2) is 63.2 Å². The van der Waals surface area contributed by atoms with Gasteiger partial charge in [-0.15, -0.1) is 0 Å². The summed E-state index contributed by atoms with van der Waals surface area (Å²) in [4.78, 5) is 40.2. The number of nitrogens with zero attached hydrogens (tertiary/aromatic N) is 6. The van der Waals surface area contributed by atoms with Gasteiger partial charge in [0.15, 0.2) is 11.2 Å². The molecule has 0 unspecified atom stereocenters. The standard InChI is InChI=1S/C21H18ClN7O4/c1-26-18-17(19(30)27(2)21(26)31)28(12-14-7-3-4-9-16(14)22)20(24-18)25-23-11-13-6-5-8-15(10-13)29(32)33/h3-11H,12H2,1-2H3,(H,24,25). The first-order valence-corrected chi connectivity index (χ1v) is 10.1. The van der Waals surface area contributed by atoms with E-state index in [0.717, 1.165) is 10.1 Å². The zero-order chi connectivity index (χ0) is 23.7. The van der Waals surface area contributed by atoms with Gasteiger partial charge in [0.1, 0.15) is 0 Å². The zero-order valence-electron chi connectivity index (χ0n) is 17.6. The van der Waals surface area contributed by atoms with Crippen LogP contribution in [0.3, 0.4) is 0 Å². The molecule has 2 aromatic carbocycles. The average molecular weight is 468 g/mol. The van der Waals surface area contributed by atoms with Crippen LogP contribution in [-0.4, -0.2) is 29.8 Å². The predicted molar refractivity (Wildman–Crippen MR) is 125 cm³/mol. The van der Waals surface area contributed by atoms with Crippen molar-refractivity contribution < 1.29 is 4.92 Å². The van der Waals surface area contributed by atoms with Crippen molar-refractivity contribution in [2.75, 3.05) is 5.43 Å². The van der Waals surface area contributed by atoms with E-state index in [1.807, 2.05) is 12.1 Å². The van der Waals surface area contributed by atoms with E-state index in [2.05, 4.69) is 15.5 Å². The summed E-state index contributed by atoms with van der Waals surface area (Å²) in [5, 5.41) is 15.6. The number of nitro benzene ring substituents is 1. The molecule has 0 aliphatic rings. The first-order chi connectivity index (χ1) is 15.8. The summed E-state index contributed by atoms with van der Waals surface area (Å²) in [6, 6.07) is 13.1. The Morgan fingerprint density at radius 1 is 1.15 bits per heavy atom. The van der Waals surface area contributed by atoms with Crippen LogP contribution in [0.25, 0.3) is 11.2 Å². The third-order valence-electron chi connectivity index (χ3n) is 5.09. The van der Waals surface area contributed by atoms with E-state index < -0.39 is 16.2 Å². The monoisotopic (exact) mass is 467 g/mol. The lowest BCUT2D eigenvalue weighted by atomic mass is 10.2. The molecule has 0 atom stereocenters. The molecule has 33 heavy (non-hydrogen) atoms. The van der Waals surface area contributed by atoms with Crippen molar-refractivity contribution in [1.29, 1.82) is 0 Å². The number of fused-ring (bicyclic) bond motifs is 1. The molecule has 2 aromatic heterocycles. The van der Waals surface area contributed by atoms with Gasteiger partial charge in [0.05, 0.1) is 17.7 Å². The molecule has 0 saturated carbocycles. The molecular formula is C21H18ClN7O4. The van der Waals surface area contributed by atoms with Crippen molar-refractivity contribution in [2.45, 2.75) is 6.54 Å².